The number of nitrogens with one attached hydrogen (secondary N) is 1. The topological polar surface area (TPSA) is 47.6 Å². The van der Waals surface area contributed by atoms with E-state index >= 15 is 0 Å². The van der Waals surface area contributed by atoms with Gasteiger partial charge < -0.3 is 14.8 Å². The van der Waals surface area contributed by atoms with Crippen LogP contribution in [0.1, 0.15) is 26.7 Å². The van der Waals surface area contributed by atoms with Crippen molar-refractivity contribution in [2.24, 2.45) is 0 Å². The third kappa shape index (κ3) is 4.81. The van der Waals surface area contributed by atoms with Crippen molar-refractivity contribution >= 4 is 5.97 Å². The smallest absolute Gasteiger partial charge is 0.326 e. The summed E-state index contributed by atoms with van der Waals surface area (Å²) in [4.78, 5) is 11.8. The first-order valence-electron chi connectivity index (χ1n) is 6.76. The summed E-state index contributed by atoms with van der Waals surface area (Å²) in [5.74, 6) is -0.102. The first-order chi connectivity index (χ1) is 9.51. The number of likely N-dealkylation sites (N-methyl/N-ethyl adjacent to an activating group) is 1. The van der Waals surface area contributed by atoms with Gasteiger partial charge in [-0.25, -0.2) is 4.39 Å². The molecule has 4 nitrogen and oxygen atoms in total. The van der Waals surface area contributed by atoms with Crippen LogP contribution in [-0.4, -0.2) is 31.8 Å². The Bertz CT molecular complexity index is 439. The molecule has 20 heavy (non-hydrogen) atoms. The van der Waals surface area contributed by atoms with E-state index in [0.717, 1.165) is 0 Å². The second-order valence-corrected chi connectivity index (χ2v) is 4.71. The number of benzene rings is 1. The van der Waals surface area contributed by atoms with Crippen LogP contribution in [0.3, 0.4) is 0 Å². The van der Waals surface area contributed by atoms with Crippen LogP contribution in [0.15, 0.2) is 24.3 Å². The van der Waals surface area contributed by atoms with Crippen LogP contribution in [0.25, 0.3) is 0 Å². The minimum Gasteiger partial charge on any atom is -0.493 e. The van der Waals surface area contributed by atoms with Gasteiger partial charge in [0.05, 0.1) is 13.2 Å². The lowest BCUT2D eigenvalue weighted by atomic mass is 9.96. The van der Waals surface area contributed by atoms with Gasteiger partial charge in [0.15, 0.2) is 0 Å². The number of halogens is 1. The van der Waals surface area contributed by atoms with Crippen molar-refractivity contribution in [3.8, 4) is 5.75 Å². The minimum atomic E-state index is -0.721. The Morgan fingerprint density at radius 2 is 2.20 bits per heavy atom. The number of hydrogen-bond acceptors (Lipinski definition) is 4. The predicted octanol–water partition coefficient (Wildman–Crippen LogP) is 2.53. The van der Waals surface area contributed by atoms with Crippen molar-refractivity contribution in [2.45, 2.75) is 32.2 Å². The molecule has 0 amide bonds. The third-order valence-electron chi connectivity index (χ3n) is 3.16. The van der Waals surface area contributed by atoms with E-state index in [9.17, 15) is 9.18 Å². The average molecular weight is 283 g/mol. The molecule has 0 aliphatic heterocycles. The maximum absolute atomic E-state index is 13.0. The first-order valence-corrected chi connectivity index (χ1v) is 6.76. The number of ether oxygens (including phenoxy) is 2. The van der Waals surface area contributed by atoms with Gasteiger partial charge in [-0.15, -0.1) is 0 Å². The average Bonchev–Trinajstić information content (AvgIpc) is 2.43. The maximum atomic E-state index is 13.0. The standard InChI is InChI=1S/C15H22FNO3/c1-4-19-14(18)15(2,17-3)9-6-10-20-13-8-5-7-12(16)11-13/h5,7-8,11,17H,4,6,9-10H2,1-3H3. The zero-order valence-electron chi connectivity index (χ0n) is 12.2. The number of carbonyl (C=O) groups excluding carboxylic acids is 1. The summed E-state index contributed by atoms with van der Waals surface area (Å²) in [5, 5.41) is 2.98. The van der Waals surface area contributed by atoms with Crippen LogP contribution >= 0.6 is 0 Å². The maximum Gasteiger partial charge on any atom is 0.326 e. The van der Waals surface area contributed by atoms with Gasteiger partial charge in [-0.05, 0) is 45.9 Å². The number of esters is 1. The number of carbonyl (C=O) groups is 1. The molecule has 1 rings (SSSR count). The van der Waals surface area contributed by atoms with Crippen molar-refractivity contribution in [1.29, 1.82) is 0 Å². The van der Waals surface area contributed by atoms with Crippen LogP contribution in [0.4, 0.5) is 4.39 Å². The van der Waals surface area contributed by atoms with Gasteiger partial charge in [-0.3, -0.25) is 4.79 Å². The number of rotatable bonds is 8. The SMILES string of the molecule is CCOC(=O)C(C)(CCCOc1cccc(F)c1)NC. The second kappa shape index (κ2) is 7.85. The molecule has 0 fully saturated rings. The van der Waals surface area contributed by atoms with Gasteiger partial charge in [-0.1, -0.05) is 6.07 Å². The lowest BCUT2D eigenvalue weighted by Crippen LogP contribution is -2.48. The molecule has 0 saturated heterocycles. The van der Waals surface area contributed by atoms with E-state index in [1.165, 1.54) is 12.1 Å². The summed E-state index contributed by atoms with van der Waals surface area (Å²) < 4.78 is 23.4. The molecule has 1 aromatic rings. The molecule has 0 aliphatic carbocycles. The summed E-state index contributed by atoms with van der Waals surface area (Å²) >= 11 is 0. The molecule has 1 aromatic carbocycles. The van der Waals surface area contributed by atoms with E-state index in [-0.39, 0.29) is 11.8 Å². The Balaban J connectivity index is 2.40. The highest BCUT2D eigenvalue weighted by Gasteiger charge is 2.32. The molecule has 0 bridgehead atoms. The molecule has 5 heteroatoms. The largest absolute Gasteiger partial charge is 0.493 e. The zero-order chi connectivity index (χ0) is 15.0. The lowest BCUT2D eigenvalue weighted by molar-refractivity contribution is -0.150. The molecule has 0 heterocycles. The number of hydrogen-bond donors (Lipinski definition) is 1. The highest BCUT2D eigenvalue weighted by Crippen LogP contribution is 2.16. The van der Waals surface area contributed by atoms with Crippen LogP contribution in [0.5, 0.6) is 5.75 Å². The highest BCUT2D eigenvalue weighted by molar-refractivity contribution is 5.80. The second-order valence-electron chi connectivity index (χ2n) is 4.71. The summed E-state index contributed by atoms with van der Waals surface area (Å²) in [6, 6.07) is 6.00. The predicted molar refractivity (Wildman–Crippen MR) is 75.2 cm³/mol. The van der Waals surface area contributed by atoms with E-state index in [0.29, 0.717) is 31.8 Å². The van der Waals surface area contributed by atoms with Gasteiger partial charge in [-0.2, -0.15) is 0 Å². The Hall–Kier alpha value is -1.62. The molecule has 0 aromatic heterocycles. The molecule has 0 radical (unpaired) electrons. The summed E-state index contributed by atoms with van der Waals surface area (Å²) in [6.45, 7) is 4.35. The quantitative estimate of drug-likeness (QED) is 0.588. The van der Waals surface area contributed by atoms with Crippen molar-refractivity contribution < 1.29 is 18.7 Å². The fraction of sp³-hybridized carbons (Fsp3) is 0.533. The Labute approximate surface area is 119 Å². The van der Waals surface area contributed by atoms with Crippen LogP contribution < -0.4 is 10.1 Å². The van der Waals surface area contributed by atoms with Crippen molar-refractivity contribution in [3.05, 3.63) is 30.1 Å². The van der Waals surface area contributed by atoms with Gasteiger partial charge in [0.2, 0.25) is 0 Å². The van der Waals surface area contributed by atoms with E-state index < -0.39 is 5.54 Å². The van der Waals surface area contributed by atoms with E-state index in [4.69, 9.17) is 9.47 Å². The molecule has 1 atom stereocenters. The monoisotopic (exact) mass is 283 g/mol. The van der Waals surface area contributed by atoms with Crippen LogP contribution in [0.2, 0.25) is 0 Å². The summed E-state index contributed by atoms with van der Waals surface area (Å²) in [5.41, 5.74) is -0.721. The van der Waals surface area contributed by atoms with E-state index in [1.54, 1.807) is 33.0 Å². The van der Waals surface area contributed by atoms with E-state index in [2.05, 4.69) is 5.32 Å². The van der Waals surface area contributed by atoms with Gasteiger partial charge in [0.25, 0.3) is 0 Å². The molecule has 0 spiro atoms. The lowest BCUT2D eigenvalue weighted by Gasteiger charge is -2.26. The minimum absolute atomic E-state index is 0.270. The summed E-state index contributed by atoms with van der Waals surface area (Å²) in [6.07, 6.45) is 1.24. The normalized spacial score (nSPS) is 13.6. The van der Waals surface area contributed by atoms with Gasteiger partial charge >= 0.3 is 5.97 Å². The van der Waals surface area contributed by atoms with Crippen molar-refractivity contribution in [1.82, 2.24) is 5.32 Å². The molecular formula is C15H22FNO3. The zero-order valence-corrected chi connectivity index (χ0v) is 12.2. The fourth-order valence-corrected chi connectivity index (χ4v) is 1.79. The molecule has 112 valence electrons. The fourth-order valence-electron chi connectivity index (χ4n) is 1.79. The highest BCUT2D eigenvalue weighted by atomic mass is 19.1. The molecule has 1 unspecified atom stereocenters. The Morgan fingerprint density at radius 1 is 1.45 bits per heavy atom. The molecular weight excluding hydrogens is 261 g/mol. The van der Waals surface area contributed by atoms with Gasteiger partial charge in [0.1, 0.15) is 17.1 Å². The van der Waals surface area contributed by atoms with Gasteiger partial charge in [0, 0.05) is 6.07 Å². The van der Waals surface area contributed by atoms with Crippen molar-refractivity contribution in [3.63, 3.8) is 0 Å². The Kier molecular flexibility index (Phi) is 6.45. The third-order valence-corrected chi connectivity index (χ3v) is 3.16. The van der Waals surface area contributed by atoms with Crippen molar-refractivity contribution in [2.75, 3.05) is 20.3 Å². The Morgan fingerprint density at radius 3 is 2.80 bits per heavy atom. The first kappa shape index (κ1) is 16.4. The molecule has 0 aliphatic rings. The molecule has 1 N–H and O–H groups in total. The molecule has 0 saturated carbocycles. The van der Waals surface area contributed by atoms with Crippen LogP contribution in [0, 0.1) is 5.82 Å². The van der Waals surface area contributed by atoms with E-state index in [1.807, 2.05) is 0 Å². The van der Waals surface area contributed by atoms with Crippen LogP contribution in [-0.2, 0) is 9.53 Å². The summed E-state index contributed by atoms with van der Waals surface area (Å²) in [7, 11) is 1.73.